The fourth-order valence-electron chi connectivity index (χ4n) is 1.48. The van der Waals surface area contributed by atoms with Crippen LogP contribution in [-0.4, -0.2) is 21.0 Å². The number of carboxylic acids is 1. The van der Waals surface area contributed by atoms with Crippen molar-refractivity contribution in [2.75, 3.05) is 0 Å². The Morgan fingerprint density at radius 2 is 2.00 bits per heavy atom. The Bertz CT molecular complexity index is 541. The lowest BCUT2D eigenvalue weighted by Crippen LogP contribution is -1.95. The first-order valence-corrected chi connectivity index (χ1v) is 6.53. The highest BCUT2D eigenvalue weighted by atomic mass is 32.2. The van der Waals surface area contributed by atoms with E-state index in [1.807, 2.05) is 26.0 Å². The van der Waals surface area contributed by atoms with Crippen LogP contribution in [0.1, 0.15) is 27.3 Å². The van der Waals surface area contributed by atoms with Crippen molar-refractivity contribution in [1.82, 2.24) is 9.97 Å². The van der Waals surface area contributed by atoms with Crippen molar-refractivity contribution in [2.24, 2.45) is 0 Å². The number of aryl methyl sites for hydroxylation is 2. The quantitative estimate of drug-likeness (QED) is 0.831. The molecule has 4 nitrogen and oxygen atoms in total. The monoisotopic (exact) mass is 262 g/mol. The molecule has 1 heterocycles. The molecule has 0 saturated heterocycles. The summed E-state index contributed by atoms with van der Waals surface area (Å²) in [5.74, 6) is -0.127. The zero-order chi connectivity index (χ0) is 13.1. The van der Waals surface area contributed by atoms with Gasteiger partial charge in [-0.05, 0) is 31.5 Å². The average molecular weight is 262 g/mol. The normalized spacial score (nSPS) is 10.6. The molecule has 0 spiro atoms. The molecule has 2 N–H and O–H groups in total. The summed E-state index contributed by atoms with van der Waals surface area (Å²) in [6, 6.07) is 6.91. The highest BCUT2D eigenvalue weighted by Crippen LogP contribution is 2.21. The molecule has 0 saturated carbocycles. The van der Waals surface area contributed by atoms with Gasteiger partial charge in [-0.15, -0.1) is 0 Å². The first-order chi connectivity index (χ1) is 8.56. The van der Waals surface area contributed by atoms with Crippen molar-refractivity contribution >= 4 is 17.7 Å². The molecule has 0 unspecified atom stereocenters. The van der Waals surface area contributed by atoms with E-state index in [9.17, 15) is 4.79 Å². The van der Waals surface area contributed by atoms with E-state index in [0.29, 0.717) is 5.56 Å². The Morgan fingerprint density at radius 1 is 1.33 bits per heavy atom. The Hall–Kier alpha value is -1.75. The van der Waals surface area contributed by atoms with E-state index in [0.717, 1.165) is 27.9 Å². The second-order valence-corrected chi connectivity index (χ2v) is 5.01. The molecule has 0 aliphatic carbocycles. The first kappa shape index (κ1) is 12.7. The molecular formula is C13H14N2O2S. The third-order valence-electron chi connectivity index (χ3n) is 2.68. The lowest BCUT2D eigenvalue weighted by Gasteiger charge is -2.00. The third kappa shape index (κ3) is 2.92. The second kappa shape index (κ2) is 5.27. The highest BCUT2D eigenvalue weighted by Gasteiger charge is 2.05. The minimum Gasteiger partial charge on any atom is -0.478 e. The van der Waals surface area contributed by atoms with Crippen molar-refractivity contribution in [3.05, 3.63) is 46.8 Å². The van der Waals surface area contributed by atoms with Gasteiger partial charge < -0.3 is 10.1 Å². The molecule has 0 bridgehead atoms. The summed E-state index contributed by atoms with van der Waals surface area (Å²) >= 11 is 1.61. The first-order valence-electron chi connectivity index (χ1n) is 5.54. The number of aromatic amines is 1. The van der Waals surface area contributed by atoms with Crippen LogP contribution in [-0.2, 0) is 5.75 Å². The fraction of sp³-hybridized carbons (Fsp3) is 0.231. The van der Waals surface area contributed by atoms with Gasteiger partial charge in [0.25, 0.3) is 0 Å². The zero-order valence-corrected chi connectivity index (χ0v) is 11.0. The summed E-state index contributed by atoms with van der Waals surface area (Å²) in [5, 5.41) is 9.69. The van der Waals surface area contributed by atoms with E-state index in [1.54, 1.807) is 23.9 Å². The summed E-state index contributed by atoms with van der Waals surface area (Å²) in [5.41, 5.74) is 3.49. The maximum atomic E-state index is 10.7. The van der Waals surface area contributed by atoms with Gasteiger partial charge in [0.15, 0.2) is 5.16 Å². The van der Waals surface area contributed by atoms with Gasteiger partial charge in [-0.1, -0.05) is 23.9 Å². The third-order valence-corrected chi connectivity index (χ3v) is 3.63. The Labute approximate surface area is 109 Å². The van der Waals surface area contributed by atoms with E-state index in [4.69, 9.17) is 5.11 Å². The van der Waals surface area contributed by atoms with Crippen molar-refractivity contribution < 1.29 is 9.90 Å². The molecule has 94 valence electrons. The summed E-state index contributed by atoms with van der Waals surface area (Å²) in [4.78, 5) is 18.3. The number of nitrogens with zero attached hydrogens (tertiary/aromatic N) is 1. The number of carboxylic acid groups (broad SMARTS) is 1. The minimum absolute atomic E-state index is 0.313. The SMILES string of the molecule is Cc1nc(SCc2ccc(C(=O)O)cc2)[nH]c1C. The van der Waals surface area contributed by atoms with Crippen molar-refractivity contribution in [1.29, 1.82) is 0 Å². The molecule has 0 atom stereocenters. The number of rotatable bonds is 4. The predicted octanol–water partition coefficient (Wildman–Crippen LogP) is 3.02. The zero-order valence-electron chi connectivity index (χ0n) is 10.2. The molecule has 2 aromatic rings. The smallest absolute Gasteiger partial charge is 0.335 e. The van der Waals surface area contributed by atoms with Gasteiger partial charge in [0.1, 0.15) is 0 Å². The molecule has 18 heavy (non-hydrogen) atoms. The van der Waals surface area contributed by atoms with Crippen LogP contribution in [0.15, 0.2) is 29.4 Å². The molecule has 1 aromatic heterocycles. The van der Waals surface area contributed by atoms with Gasteiger partial charge in [-0.25, -0.2) is 9.78 Å². The molecule has 0 fully saturated rings. The molecular weight excluding hydrogens is 248 g/mol. The number of carbonyl (C=O) groups is 1. The van der Waals surface area contributed by atoms with E-state index in [-0.39, 0.29) is 0 Å². The number of thioether (sulfide) groups is 1. The largest absolute Gasteiger partial charge is 0.478 e. The number of hydrogen-bond donors (Lipinski definition) is 2. The van der Waals surface area contributed by atoms with Crippen molar-refractivity contribution in [3.63, 3.8) is 0 Å². The number of imidazole rings is 1. The van der Waals surface area contributed by atoms with E-state index in [2.05, 4.69) is 9.97 Å². The van der Waals surface area contributed by atoms with E-state index in [1.165, 1.54) is 0 Å². The summed E-state index contributed by atoms with van der Waals surface area (Å²) in [6.45, 7) is 3.96. The summed E-state index contributed by atoms with van der Waals surface area (Å²) in [6.07, 6.45) is 0. The molecule has 0 aliphatic heterocycles. The van der Waals surface area contributed by atoms with Crippen molar-refractivity contribution in [3.8, 4) is 0 Å². The van der Waals surface area contributed by atoms with Gasteiger partial charge in [0.2, 0.25) is 0 Å². The highest BCUT2D eigenvalue weighted by molar-refractivity contribution is 7.98. The molecule has 2 rings (SSSR count). The standard InChI is InChI=1S/C13H14N2O2S/c1-8-9(2)15-13(14-8)18-7-10-3-5-11(6-4-10)12(16)17/h3-6H,7H2,1-2H3,(H,14,15)(H,16,17). The van der Waals surface area contributed by atoms with Crippen LogP contribution >= 0.6 is 11.8 Å². The number of aromatic carboxylic acids is 1. The van der Waals surface area contributed by atoms with Crippen LogP contribution in [0.25, 0.3) is 0 Å². The molecule has 0 radical (unpaired) electrons. The van der Waals surface area contributed by atoms with Crippen LogP contribution in [0.2, 0.25) is 0 Å². The average Bonchev–Trinajstić information content (AvgIpc) is 2.67. The Balaban J connectivity index is 2.00. The number of hydrogen-bond acceptors (Lipinski definition) is 3. The maximum absolute atomic E-state index is 10.7. The predicted molar refractivity (Wildman–Crippen MR) is 71.0 cm³/mol. The minimum atomic E-state index is -0.897. The summed E-state index contributed by atoms with van der Waals surface area (Å²) in [7, 11) is 0. The molecule has 0 aliphatic rings. The van der Waals surface area contributed by atoms with E-state index >= 15 is 0 Å². The van der Waals surface area contributed by atoms with Gasteiger partial charge >= 0.3 is 5.97 Å². The molecule has 5 heteroatoms. The number of aromatic nitrogens is 2. The Morgan fingerprint density at radius 3 is 2.50 bits per heavy atom. The van der Waals surface area contributed by atoms with Gasteiger partial charge in [0.05, 0.1) is 11.3 Å². The van der Waals surface area contributed by atoms with Crippen LogP contribution in [0.4, 0.5) is 0 Å². The number of benzene rings is 1. The lowest BCUT2D eigenvalue weighted by atomic mass is 10.1. The fourth-order valence-corrected chi connectivity index (χ4v) is 2.40. The summed E-state index contributed by atoms with van der Waals surface area (Å²) < 4.78 is 0. The van der Waals surface area contributed by atoms with Crippen LogP contribution in [0.3, 0.4) is 0 Å². The molecule has 1 aromatic carbocycles. The van der Waals surface area contributed by atoms with Gasteiger partial charge in [0, 0.05) is 11.4 Å². The maximum Gasteiger partial charge on any atom is 0.335 e. The van der Waals surface area contributed by atoms with Gasteiger partial charge in [-0.3, -0.25) is 0 Å². The second-order valence-electron chi connectivity index (χ2n) is 4.04. The van der Waals surface area contributed by atoms with Crippen LogP contribution < -0.4 is 0 Å². The Kier molecular flexibility index (Phi) is 3.72. The number of H-pyrrole nitrogens is 1. The van der Waals surface area contributed by atoms with Crippen LogP contribution in [0, 0.1) is 13.8 Å². The van der Waals surface area contributed by atoms with Crippen LogP contribution in [0.5, 0.6) is 0 Å². The van der Waals surface area contributed by atoms with E-state index < -0.39 is 5.97 Å². The topological polar surface area (TPSA) is 66.0 Å². The number of nitrogens with one attached hydrogen (secondary N) is 1. The molecule has 0 amide bonds. The van der Waals surface area contributed by atoms with Gasteiger partial charge in [-0.2, -0.15) is 0 Å². The lowest BCUT2D eigenvalue weighted by molar-refractivity contribution is 0.0697. The van der Waals surface area contributed by atoms with Crippen molar-refractivity contribution in [2.45, 2.75) is 24.8 Å².